The monoisotopic (exact) mass is 316 g/mol. The fourth-order valence-electron chi connectivity index (χ4n) is 1.68. The number of hydrogen-bond acceptors (Lipinski definition) is 3. The molecule has 0 amide bonds. The number of carboxylic acid groups (broad SMARTS) is 1. The van der Waals surface area contributed by atoms with Crippen molar-refractivity contribution in [1.82, 2.24) is 4.57 Å². The molecule has 21 heavy (non-hydrogen) atoms. The Morgan fingerprint density at radius 1 is 1.43 bits per heavy atom. The van der Waals surface area contributed by atoms with Crippen LogP contribution in [0, 0.1) is 0 Å². The molecule has 0 saturated heterocycles. The lowest BCUT2D eigenvalue weighted by Crippen LogP contribution is -2.15. The van der Waals surface area contributed by atoms with E-state index in [0.717, 1.165) is 12.1 Å². The lowest BCUT2D eigenvalue weighted by atomic mass is 10.2. The summed E-state index contributed by atoms with van der Waals surface area (Å²) < 4.78 is 39.4. The lowest BCUT2D eigenvalue weighted by molar-refractivity contribution is -0.138. The summed E-state index contributed by atoms with van der Waals surface area (Å²) in [7, 11) is 1.63. The fraction of sp³-hybridized carbons (Fsp3) is 0.231. The van der Waals surface area contributed by atoms with Gasteiger partial charge < -0.3 is 9.67 Å². The number of rotatable bonds is 3. The number of alkyl halides is 3. The molecule has 0 aliphatic rings. The molecule has 0 aliphatic carbocycles. The Hall–Kier alpha value is -2.09. The van der Waals surface area contributed by atoms with E-state index < -0.39 is 17.7 Å². The molecule has 1 aromatic heterocycles. The van der Waals surface area contributed by atoms with Crippen LogP contribution in [0.15, 0.2) is 34.6 Å². The largest absolute Gasteiger partial charge is 0.481 e. The van der Waals surface area contributed by atoms with Gasteiger partial charge in [0.15, 0.2) is 4.80 Å². The number of carbonyl (C=O) groups is 1. The number of nitrogens with zero attached hydrogens (tertiary/aromatic N) is 2. The number of benzene rings is 1. The second-order valence-electron chi connectivity index (χ2n) is 4.30. The summed E-state index contributed by atoms with van der Waals surface area (Å²) in [6.45, 7) is 0. The van der Waals surface area contributed by atoms with Gasteiger partial charge in [0.25, 0.3) is 0 Å². The van der Waals surface area contributed by atoms with Crippen molar-refractivity contribution < 1.29 is 23.1 Å². The first-order chi connectivity index (χ1) is 9.77. The van der Waals surface area contributed by atoms with Gasteiger partial charge in [-0.15, -0.1) is 11.3 Å². The van der Waals surface area contributed by atoms with Crippen LogP contribution in [0.3, 0.4) is 0 Å². The quantitative estimate of drug-likeness (QED) is 0.946. The highest BCUT2D eigenvalue weighted by Gasteiger charge is 2.30. The molecule has 8 heteroatoms. The van der Waals surface area contributed by atoms with Crippen LogP contribution in [-0.4, -0.2) is 15.6 Å². The summed E-state index contributed by atoms with van der Waals surface area (Å²) in [6, 6.07) is 4.68. The van der Waals surface area contributed by atoms with E-state index in [1.54, 1.807) is 17.0 Å². The minimum atomic E-state index is -4.42. The molecule has 1 heterocycles. The summed E-state index contributed by atoms with van der Waals surface area (Å²) in [6.07, 6.45) is -4.58. The number of aliphatic carboxylic acids is 1. The fourth-order valence-corrected chi connectivity index (χ4v) is 2.60. The second-order valence-corrected chi connectivity index (χ2v) is 5.14. The first kappa shape index (κ1) is 15.3. The van der Waals surface area contributed by atoms with Crippen molar-refractivity contribution in [3.8, 4) is 0 Å². The Morgan fingerprint density at radius 3 is 2.76 bits per heavy atom. The van der Waals surface area contributed by atoms with Gasteiger partial charge >= 0.3 is 12.1 Å². The summed E-state index contributed by atoms with van der Waals surface area (Å²) >= 11 is 1.18. The molecule has 0 spiro atoms. The van der Waals surface area contributed by atoms with E-state index in [4.69, 9.17) is 5.11 Å². The minimum Gasteiger partial charge on any atom is -0.481 e. The number of carboxylic acids is 1. The molecule has 0 atom stereocenters. The maximum absolute atomic E-state index is 12.6. The van der Waals surface area contributed by atoms with Crippen molar-refractivity contribution in [3.05, 3.63) is 45.7 Å². The van der Waals surface area contributed by atoms with Crippen LogP contribution >= 0.6 is 11.3 Å². The molecule has 1 N–H and O–H groups in total. The SMILES string of the molecule is Cn1c(CC(=O)O)cs/c1=N/c1cccc(C(F)(F)F)c1. The van der Waals surface area contributed by atoms with E-state index >= 15 is 0 Å². The molecule has 2 rings (SSSR count). The predicted molar refractivity (Wildman–Crippen MR) is 71.3 cm³/mol. The molecular formula is C13H11F3N2O2S. The Bertz CT molecular complexity index is 732. The van der Waals surface area contributed by atoms with Crippen molar-refractivity contribution in [2.45, 2.75) is 12.6 Å². The van der Waals surface area contributed by atoms with Crippen LogP contribution in [-0.2, 0) is 24.4 Å². The first-order valence-corrected chi connectivity index (χ1v) is 6.72. The van der Waals surface area contributed by atoms with E-state index in [1.165, 1.54) is 23.5 Å². The van der Waals surface area contributed by atoms with E-state index in [-0.39, 0.29) is 12.1 Å². The van der Waals surface area contributed by atoms with Gasteiger partial charge in [-0.2, -0.15) is 13.2 Å². The molecule has 0 aliphatic heterocycles. The van der Waals surface area contributed by atoms with Gasteiger partial charge in [-0.05, 0) is 18.2 Å². The van der Waals surface area contributed by atoms with Crippen molar-refractivity contribution in [2.75, 3.05) is 0 Å². The van der Waals surface area contributed by atoms with Gasteiger partial charge in [-0.3, -0.25) is 4.79 Å². The Kier molecular flexibility index (Phi) is 4.17. The van der Waals surface area contributed by atoms with Crippen molar-refractivity contribution in [2.24, 2.45) is 12.0 Å². The van der Waals surface area contributed by atoms with Crippen molar-refractivity contribution >= 4 is 23.0 Å². The number of hydrogen-bond donors (Lipinski definition) is 1. The lowest BCUT2D eigenvalue weighted by Gasteiger charge is -2.06. The Morgan fingerprint density at radius 2 is 2.14 bits per heavy atom. The Labute approximate surface area is 121 Å². The van der Waals surface area contributed by atoms with Gasteiger partial charge in [0.2, 0.25) is 0 Å². The van der Waals surface area contributed by atoms with Crippen LogP contribution in [0.5, 0.6) is 0 Å². The normalized spacial score (nSPS) is 12.7. The topological polar surface area (TPSA) is 54.6 Å². The third-order valence-electron chi connectivity index (χ3n) is 2.75. The highest BCUT2D eigenvalue weighted by Crippen LogP contribution is 2.31. The van der Waals surface area contributed by atoms with Gasteiger partial charge in [-0.25, -0.2) is 4.99 Å². The maximum Gasteiger partial charge on any atom is 0.416 e. The zero-order chi connectivity index (χ0) is 15.6. The zero-order valence-corrected chi connectivity index (χ0v) is 11.7. The van der Waals surface area contributed by atoms with E-state index in [1.807, 2.05) is 0 Å². The van der Waals surface area contributed by atoms with Gasteiger partial charge in [0, 0.05) is 18.1 Å². The number of aromatic nitrogens is 1. The smallest absolute Gasteiger partial charge is 0.416 e. The van der Waals surface area contributed by atoms with Crippen LogP contribution < -0.4 is 4.80 Å². The van der Waals surface area contributed by atoms with Crippen LogP contribution in [0.2, 0.25) is 0 Å². The molecule has 0 radical (unpaired) electrons. The Balaban J connectivity index is 2.41. The van der Waals surface area contributed by atoms with Crippen LogP contribution in [0.4, 0.5) is 18.9 Å². The van der Waals surface area contributed by atoms with Gasteiger partial charge in [0.1, 0.15) is 0 Å². The maximum atomic E-state index is 12.6. The average molecular weight is 316 g/mol. The van der Waals surface area contributed by atoms with E-state index in [2.05, 4.69) is 4.99 Å². The third-order valence-corrected chi connectivity index (χ3v) is 3.71. The van der Waals surface area contributed by atoms with E-state index in [9.17, 15) is 18.0 Å². The van der Waals surface area contributed by atoms with Crippen molar-refractivity contribution in [3.63, 3.8) is 0 Å². The summed E-state index contributed by atoms with van der Waals surface area (Å²) in [5, 5.41) is 10.4. The molecule has 0 unspecified atom stereocenters. The number of halogens is 3. The highest BCUT2D eigenvalue weighted by molar-refractivity contribution is 7.07. The van der Waals surface area contributed by atoms with E-state index in [0.29, 0.717) is 10.5 Å². The molecular weight excluding hydrogens is 305 g/mol. The third kappa shape index (κ3) is 3.72. The van der Waals surface area contributed by atoms with Gasteiger partial charge in [0.05, 0.1) is 17.7 Å². The molecule has 0 bridgehead atoms. The van der Waals surface area contributed by atoms with Crippen LogP contribution in [0.1, 0.15) is 11.3 Å². The predicted octanol–water partition coefficient (Wildman–Crippen LogP) is 2.96. The molecule has 4 nitrogen and oxygen atoms in total. The molecule has 1 aromatic carbocycles. The highest BCUT2D eigenvalue weighted by atomic mass is 32.1. The van der Waals surface area contributed by atoms with Gasteiger partial charge in [-0.1, -0.05) is 6.07 Å². The summed E-state index contributed by atoms with van der Waals surface area (Å²) in [5.74, 6) is -0.978. The standard InChI is InChI=1S/C13H11F3N2O2S/c1-18-10(6-11(19)20)7-21-12(18)17-9-4-2-3-8(5-9)13(14,15)16/h2-5,7H,6H2,1H3,(H,19,20)/b17-12+. The average Bonchev–Trinajstić information content (AvgIpc) is 2.70. The summed E-state index contributed by atoms with van der Waals surface area (Å²) in [4.78, 5) is 15.2. The van der Waals surface area contributed by atoms with Crippen LogP contribution in [0.25, 0.3) is 0 Å². The molecule has 2 aromatic rings. The molecule has 0 saturated carbocycles. The zero-order valence-electron chi connectivity index (χ0n) is 10.9. The molecule has 112 valence electrons. The molecule has 0 fully saturated rings. The van der Waals surface area contributed by atoms with Crippen molar-refractivity contribution in [1.29, 1.82) is 0 Å². The summed E-state index contributed by atoms with van der Waals surface area (Å²) in [5.41, 5.74) is -0.0592. The second kappa shape index (κ2) is 5.72. The first-order valence-electron chi connectivity index (χ1n) is 5.84. The number of thiazole rings is 1. The minimum absolute atomic E-state index is 0.162.